The van der Waals surface area contributed by atoms with Gasteiger partial charge in [0.05, 0.1) is 0 Å². The average molecular weight is 148 g/mol. The van der Waals surface area contributed by atoms with Gasteiger partial charge in [-0.25, -0.2) is 0 Å². The fourth-order valence-electron chi connectivity index (χ4n) is 0.510. The molecule has 1 fully saturated rings. The molecule has 56 valence electrons. The SMILES string of the molecule is C1CCOC1.CP(C)C. The molecule has 1 saturated heterocycles. The largest absolute Gasteiger partial charge is 0.381 e. The van der Waals surface area contributed by atoms with Gasteiger partial charge in [0.25, 0.3) is 0 Å². The van der Waals surface area contributed by atoms with E-state index in [2.05, 4.69) is 20.0 Å². The van der Waals surface area contributed by atoms with Crippen LogP contribution in [0.4, 0.5) is 0 Å². The van der Waals surface area contributed by atoms with Crippen LogP contribution in [0.15, 0.2) is 0 Å². The van der Waals surface area contributed by atoms with Gasteiger partial charge < -0.3 is 4.74 Å². The second-order valence-corrected chi connectivity index (χ2v) is 5.34. The smallest absolute Gasteiger partial charge is 0.0466 e. The fourth-order valence-corrected chi connectivity index (χ4v) is 0.510. The topological polar surface area (TPSA) is 9.23 Å². The molecule has 9 heavy (non-hydrogen) atoms. The monoisotopic (exact) mass is 148 g/mol. The Labute approximate surface area is 59.5 Å². The average Bonchev–Trinajstić information content (AvgIpc) is 2.11. The highest BCUT2D eigenvalue weighted by Crippen LogP contribution is 2.14. The van der Waals surface area contributed by atoms with E-state index in [0.717, 1.165) is 13.2 Å². The molecule has 1 rings (SSSR count). The van der Waals surface area contributed by atoms with Crippen molar-refractivity contribution in [3.63, 3.8) is 0 Å². The molecule has 0 aromatic rings. The molecule has 0 N–H and O–H groups in total. The van der Waals surface area contributed by atoms with Crippen molar-refractivity contribution in [2.45, 2.75) is 12.8 Å². The van der Waals surface area contributed by atoms with Gasteiger partial charge in [0.2, 0.25) is 0 Å². The Morgan fingerprint density at radius 2 is 1.33 bits per heavy atom. The molecule has 0 unspecified atom stereocenters. The van der Waals surface area contributed by atoms with Crippen molar-refractivity contribution >= 4 is 7.92 Å². The Bertz CT molecular complexity index is 40.5. The van der Waals surface area contributed by atoms with Gasteiger partial charge in [-0.05, 0) is 32.8 Å². The van der Waals surface area contributed by atoms with Gasteiger partial charge in [-0.15, -0.1) is 7.92 Å². The van der Waals surface area contributed by atoms with Crippen molar-refractivity contribution in [2.24, 2.45) is 0 Å². The van der Waals surface area contributed by atoms with Crippen LogP contribution in [0.25, 0.3) is 0 Å². The first-order valence-electron chi connectivity index (χ1n) is 3.42. The van der Waals surface area contributed by atoms with Crippen LogP contribution < -0.4 is 0 Å². The molecule has 0 atom stereocenters. The first kappa shape index (κ1) is 9.39. The molecular weight excluding hydrogens is 131 g/mol. The van der Waals surface area contributed by atoms with E-state index in [9.17, 15) is 0 Å². The lowest BCUT2D eigenvalue weighted by Crippen LogP contribution is -1.74. The van der Waals surface area contributed by atoms with Gasteiger partial charge in [0.1, 0.15) is 0 Å². The molecule has 2 heteroatoms. The lowest BCUT2D eigenvalue weighted by atomic mass is 10.4. The van der Waals surface area contributed by atoms with Crippen LogP contribution in [0.1, 0.15) is 12.8 Å². The lowest BCUT2D eigenvalue weighted by Gasteiger charge is -1.81. The van der Waals surface area contributed by atoms with E-state index in [-0.39, 0.29) is 0 Å². The number of hydrogen-bond donors (Lipinski definition) is 0. The van der Waals surface area contributed by atoms with Crippen molar-refractivity contribution in [3.05, 3.63) is 0 Å². The van der Waals surface area contributed by atoms with Gasteiger partial charge in [0, 0.05) is 13.2 Å². The minimum Gasteiger partial charge on any atom is -0.381 e. The highest BCUT2D eigenvalue weighted by molar-refractivity contribution is 7.55. The van der Waals surface area contributed by atoms with E-state index in [4.69, 9.17) is 4.74 Å². The van der Waals surface area contributed by atoms with Crippen LogP contribution in [0, 0.1) is 0 Å². The summed E-state index contributed by atoms with van der Waals surface area (Å²) >= 11 is 0. The Morgan fingerprint density at radius 1 is 1.00 bits per heavy atom. The molecule has 1 heterocycles. The first-order valence-corrected chi connectivity index (χ1v) is 6.10. The third-order valence-electron chi connectivity index (χ3n) is 0.827. The van der Waals surface area contributed by atoms with Crippen LogP contribution in [0.3, 0.4) is 0 Å². The molecule has 0 bridgehead atoms. The van der Waals surface area contributed by atoms with Crippen LogP contribution in [0.5, 0.6) is 0 Å². The molecule has 1 aliphatic heterocycles. The Hall–Kier alpha value is 0.390. The van der Waals surface area contributed by atoms with Gasteiger partial charge in [-0.2, -0.15) is 0 Å². The predicted molar refractivity (Wildman–Crippen MR) is 44.7 cm³/mol. The zero-order valence-corrected chi connectivity index (χ0v) is 7.58. The molecule has 0 aromatic heterocycles. The second kappa shape index (κ2) is 6.51. The first-order chi connectivity index (χ1) is 4.23. The zero-order chi connectivity index (χ0) is 7.11. The van der Waals surface area contributed by atoms with E-state index < -0.39 is 0 Å². The molecule has 0 saturated carbocycles. The molecule has 0 amide bonds. The summed E-state index contributed by atoms with van der Waals surface area (Å²) in [6.07, 6.45) is 2.56. The summed E-state index contributed by atoms with van der Waals surface area (Å²) in [5.74, 6) is 0. The third kappa shape index (κ3) is 11.8. The summed E-state index contributed by atoms with van der Waals surface area (Å²) < 4.78 is 4.94. The minimum atomic E-state index is 0.380. The normalized spacial score (nSPS) is 17.3. The van der Waals surface area contributed by atoms with E-state index in [1.165, 1.54) is 12.8 Å². The zero-order valence-electron chi connectivity index (χ0n) is 6.68. The van der Waals surface area contributed by atoms with Gasteiger partial charge >= 0.3 is 0 Å². The minimum absolute atomic E-state index is 0.380. The van der Waals surface area contributed by atoms with Gasteiger partial charge in [-0.1, -0.05) is 0 Å². The Balaban J connectivity index is 0.000000148. The molecule has 0 radical (unpaired) electrons. The van der Waals surface area contributed by atoms with Crippen LogP contribution in [0.2, 0.25) is 0 Å². The molecule has 1 aliphatic rings. The van der Waals surface area contributed by atoms with Gasteiger partial charge in [-0.3, -0.25) is 0 Å². The molecule has 0 aromatic carbocycles. The predicted octanol–water partition coefficient (Wildman–Crippen LogP) is 2.15. The maximum absolute atomic E-state index is 4.94. The van der Waals surface area contributed by atoms with E-state index in [1.54, 1.807) is 0 Å². The lowest BCUT2D eigenvalue weighted by molar-refractivity contribution is 0.198. The Kier molecular flexibility index (Phi) is 6.79. The van der Waals surface area contributed by atoms with E-state index in [0.29, 0.717) is 7.92 Å². The van der Waals surface area contributed by atoms with Crippen molar-refractivity contribution in [1.82, 2.24) is 0 Å². The molecular formula is C7H17OP. The fraction of sp³-hybridized carbons (Fsp3) is 1.00. The molecule has 0 aliphatic carbocycles. The van der Waals surface area contributed by atoms with Crippen molar-refractivity contribution in [3.8, 4) is 0 Å². The summed E-state index contributed by atoms with van der Waals surface area (Å²) in [4.78, 5) is 0. The maximum atomic E-state index is 4.94. The van der Waals surface area contributed by atoms with E-state index in [1.807, 2.05) is 0 Å². The van der Waals surface area contributed by atoms with Gasteiger partial charge in [0.15, 0.2) is 0 Å². The summed E-state index contributed by atoms with van der Waals surface area (Å²) in [7, 11) is 0.380. The van der Waals surface area contributed by atoms with Crippen molar-refractivity contribution in [2.75, 3.05) is 33.2 Å². The summed E-state index contributed by atoms with van der Waals surface area (Å²) in [5.41, 5.74) is 0. The molecule has 1 nitrogen and oxygen atoms in total. The highest BCUT2D eigenvalue weighted by Gasteiger charge is 1.94. The summed E-state index contributed by atoms with van der Waals surface area (Å²) in [6, 6.07) is 0. The van der Waals surface area contributed by atoms with Crippen LogP contribution in [-0.2, 0) is 4.74 Å². The summed E-state index contributed by atoms with van der Waals surface area (Å²) in [5, 5.41) is 0. The maximum Gasteiger partial charge on any atom is 0.0466 e. The standard InChI is InChI=1S/C4H8O.C3H9P/c1-2-4-5-3-1;1-4(2)3/h1-4H2;1-3H3. The van der Waals surface area contributed by atoms with E-state index >= 15 is 0 Å². The Morgan fingerprint density at radius 3 is 1.44 bits per heavy atom. The van der Waals surface area contributed by atoms with Crippen molar-refractivity contribution in [1.29, 1.82) is 0 Å². The number of hydrogen-bond acceptors (Lipinski definition) is 1. The van der Waals surface area contributed by atoms with Crippen LogP contribution >= 0.6 is 7.92 Å². The third-order valence-corrected chi connectivity index (χ3v) is 0.827. The number of ether oxygens (including phenoxy) is 1. The summed E-state index contributed by atoms with van der Waals surface area (Å²) in [6.45, 7) is 8.69. The molecule has 0 spiro atoms. The quantitative estimate of drug-likeness (QED) is 0.478. The van der Waals surface area contributed by atoms with Crippen LogP contribution in [-0.4, -0.2) is 33.2 Å². The number of rotatable bonds is 0. The second-order valence-electron chi connectivity index (χ2n) is 2.66. The van der Waals surface area contributed by atoms with Crippen molar-refractivity contribution < 1.29 is 4.74 Å². The highest BCUT2D eigenvalue weighted by atomic mass is 31.1.